The highest BCUT2D eigenvalue weighted by Crippen LogP contribution is 2.20. The van der Waals surface area contributed by atoms with Gasteiger partial charge in [-0.2, -0.15) is 0 Å². The Balaban J connectivity index is 2.54. The first-order valence-corrected chi connectivity index (χ1v) is 7.26. The molecule has 0 aliphatic rings. The van der Waals surface area contributed by atoms with Crippen molar-refractivity contribution >= 4 is 22.4 Å². The maximum atomic E-state index is 11.4. The second-order valence-electron chi connectivity index (χ2n) is 4.95. The topological polar surface area (TPSA) is 54.5 Å². The summed E-state index contributed by atoms with van der Waals surface area (Å²) in [7, 11) is 1.70. The van der Waals surface area contributed by atoms with Gasteiger partial charge in [0.05, 0.1) is 11.3 Å². The van der Waals surface area contributed by atoms with E-state index < -0.39 is 0 Å². The number of ether oxygens (including phenoxy) is 1. The van der Waals surface area contributed by atoms with Crippen molar-refractivity contribution in [2.24, 2.45) is 0 Å². The summed E-state index contributed by atoms with van der Waals surface area (Å²) >= 11 is 1.50. The third-order valence-corrected chi connectivity index (χ3v) is 3.79. The number of thiazole rings is 1. The van der Waals surface area contributed by atoms with Crippen molar-refractivity contribution in [3.05, 3.63) is 11.1 Å². The lowest BCUT2D eigenvalue weighted by Gasteiger charge is -2.22. The van der Waals surface area contributed by atoms with E-state index >= 15 is 0 Å². The van der Waals surface area contributed by atoms with Gasteiger partial charge in [0.25, 0.3) is 0 Å². The Labute approximate surface area is 119 Å². The van der Waals surface area contributed by atoms with Gasteiger partial charge in [-0.3, -0.25) is 9.69 Å². The van der Waals surface area contributed by atoms with Crippen molar-refractivity contribution in [1.29, 1.82) is 0 Å². The van der Waals surface area contributed by atoms with Crippen molar-refractivity contribution < 1.29 is 9.53 Å². The Morgan fingerprint density at radius 1 is 1.58 bits per heavy atom. The van der Waals surface area contributed by atoms with Crippen LogP contribution in [-0.2, 0) is 16.1 Å². The molecular formula is C13H23N3O2S. The molecule has 1 N–H and O–H groups in total. The quantitative estimate of drug-likeness (QED) is 0.833. The maximum Gasteiger partial charge on any atom is 0.225 e. The summed E-state index contributed by atoms with van der Waals surface area (Å²) in [5.74, 6) is 0.0249. The van der Waals surface area contributed by atoms with Crippen LogP contribution in [0.25, 0.3) is 0 Å². The molecule has 0 radical (unpaired) electrons. The Morgan fingerprint density at radius 3 is 2.79 bits per heavy atom. The largest absolute Gasteiger partial charge is 0.377 e. The lowest BCUT2D eigenvalue weighted by Crippen LogP contribution is -2.36. The molecule has 0 aromatic carbocycles. The fourth-order valence-electron chi connectivity index (χ4n) is 1.56. The first-order valence-electron chi connectivity index (χ1n) is 6.38. The van der Waals surface area contributed by atoms with Crippen LogP contribution in [0.2, 0.25) is 0 Å². The van der Waals surface area contributed by atoms with E-state index in [-0.39, 0.29) is 11.5 Å². The molecule has 0 aliphatic heterocycles. The number of nitrogens with one attached hydrogen (secondary N) is 1. The van der Waals surface area contributed by atoms with Gasteiger partial charge in [0.15, 0.2) is 5.13 Å². The van der Waals surface area contributed by atoms with Gasteiger partial charge in [-0.1, -0.05) is 0 Å². The number of aromatic nitrogens is 1. The fraction of sp³-hybridized carbons (Fsp3) is 0.692. The molecule has 0 aliphatic carbocycles. The number of carbonyl (C=O) groups excluding carboxylic acids is 1. The molecule has 0 spiro atoms. The molecule has 0 saturated heterocycles. The number of anilines is 1. The van der Waals surface area contributed by atoms with Gasteiger partial charge < -0.3 is 10.1 Å². The second kappa shape index (κ2) is 6.98. The lowest BCUT2D eigenvalue weighted by molar-refractivity contribution is -0.116. The molecule has 1 aromatic heterocycles. The average Bonchev–Trinajstić information content (AvgIpc) is 2.78. The van der Waals surface area contributed by atoms with Gasteiger partial charge in [-0.15, -0.1) is 11.3 Å². The molecule has 5 nitrogen and oxygen atoms in total. The zero-order valence-electron chi connectivity index (χ0n) is 12.3. The number of carbonyl (C=O) groups is 1. The number of amides is 1. The SMILES string of the molecule is CCN(C(C)=O)c1nc(CNCC(C)(C)OC)cs1. The number of hydrogen-bond donors (Lipinski definition) is 1. The van der Waals surface area contributed by atoms with Crippen LogP contribution in [0.4, 0.5) is 5.13 Å². The third kappa shape index (κ3) is 4.89. The summed E-state index contributed by atoms with van der Waals surface area (Å²) in [5, 5.41) is 6.05. The summed E-state index contributed by atoms with van der Waals surface area (Å²) in [4.78, 5) is 17.6. The van der Waals surface area contributed by atoms with Crippen LogP contribution in [0, 0.1) is 0 Å². The molecule has 1 rings (SSSR count). The van der Waals surface area contributed by atoms with Crippen LogP contribution in [0.5, 0.6) is 0 Å². The van der Waals surface area contributed by atoms with Crippen molar-refractivity contribution in [3.63, 3.8) is 0 Å². The van der Waals surface area contributed by atoms with Gasteiger partial charge in [-0.05, 0) is 20.8 Å². The molecule has 1 heterocycles. The molecule has 0 saturated carbocycles. The fourth-order valence-corrected chi connectivity index (χ4v) is 2.49. The minimum Gasteiger partial charge on any atom is -0.377 e. The zero-order valence-corrected chi connectivity index (χ0v) is 13.1. The average molecular weight is 285 g/mol. The highest BCUT2D eigenvalue weighted by molar-refractivity contribution is 7.14. The first-order chi connectivity index (χ1) is 8.89. The summed E-state index contributed by atoms with van der Waals surface area (Å²) in [6.45, 7) is 9.64. The summed E-state index contributed by atoms with van der Waals surface area (Å²) in [6.07, 6.45) is 0. The minimum atomic E-state index is -0.187. The zero-order chi connectivity index (χ0) is 14.5. The van der Waals surface area contributed by atoms with Crippen molar-refractivity contribution in [1.82, 2.24) is 10.3 Å². The van der Waals surface area contributed by atoms with E-state index in [0.29, 0.717) is 13.1 Å². The van der Waals surface area contributed by atoms with Gasteiger partial charge in [0.2, 0.25) is 5.91 Å². The molecule has 0 unspecified atom stereocenters. The predicted molar refractivity (Wildman–Crippen MR) is 78.6 cm³/mol. The number of rotatable bonds is 7. The van der Waals surface area contributed by atoms with Crippen LogP contribution in [0.1, 0.15) is 33.4 Å². The Kier molecular flexibility index (Phi) is 5.90. The van der Waals surface area contributed by atoms with Gasteiger partial charge in [0.1, 0.15) is 0 Å². The highest BCUT2D eigenvalue weighted by atomic mass is 32.1. The van der Waals surface area contributed by atoms with Crippen molar-refractivity contribution in [2.75, 3.05) is 25.1 Å². The molecule has 0 bridgehead atoms. The molecule has 1 amide bonds. The van der Waals surface area contributed by atoms with Gasteiger partial charge in [0, 0.05) is 39.0 Å². The van der Waals surface area contributed by atoms with Crippen LogP contribution in [0.15, 0.2) is 5.38 Å². The van der Waals surface area contributed by atoms with Crippen LogP contribution in [0.3, 0.4) is 0 Å². The van der Waals surface area contributed by atoms with E-state index in [1.54, 1.807) is 18.9 Å². The normalized spacial score (nSPS) is 11.6. The van der Waals surface area contributed by atoms with Crippen LogP contribution < -0.4 is 10.2 Å². The van der Waals surface area contributed by atoms with E-state index in [1.165, 1.54) is 11.3 Å². The molecule has 19 heavy (non-hydrogen) atoms. The summed E-state index contributed by atoms with van der Waals surface area (Å²) in [6, 6.07) is 0. The van der Waals surface area contributed by atoms with E-state index in [2.05, 4.69) is 10.3 Å². The van der Waals surface area contributed by atoms with Crippen LogP contribution >= 0.6 is 11.3 Å². The highest BCUT2D eigenvalue weighted by Gasteiger charge is 2.16. The Bertz CT molecular complexity index is 418. The number of methoxy groups -OCH3 is 1. The van der Waals surface area contributed by atoms with E-state index in [9.17, 15) is 4.79 Å². The summed E-state index contributed by atoms with van der Waals surface area (Å²) < 4.78 is 5.33. The van der Waals surface area contributed by atoms with Crippen molar-refractivity contribution in [2.45, 2.75) is 39.8 Å². The Hall–Kier alpha value is -0.980. The molecule has 0 atom stereocenters. The smallest absolute Gasteiger partial charge is 0.225 e. The standard InChI is InChI=1S/C13H23N3O2S/c1-6-16(10(2)17)12-15-11(8-19-12)7-14-9-13(3,4)18-5/h8,14H,6-7,9H2,1-5H3. The molecule has 0 fully saturated rings. The monoisotopic (exact) mass is 285 g/mol. The molecule has 1 aromatic rings. The molecular weight excluding hydrogens is 262 g/mol. The van der Waals surface area contributed by atoms with E-state index in [0.717, 1.165) is 17.4 Å². The predicted octanol–water partition coefficient (Wildman–Crippen LogP) is 2.03. The van der Waals surface area contributed by atoms with E-state index in [1.807, 2.05) is 26.2 Å². The minimum absolute atomic E-state index is 0.0249. The maximum absolute atomic E-state index is 11.4. The first kappa shape index (κ1) is 16.1. The lowest BCUT2D eigenvalue weighted by atomic mass is 10.1. The molecule has 6 heteroatoms. The van der Waals surface area contributed by atoms with E-state index in [4.69, 9.17) is 4.74 Å². The van der Waals surface area contributed by atoms with Crippen molar-refractivity contribution in [3.8, 4) is 0 Å². The van der Waals surface area contributed by atoms with Crippen LogP contribution in [-0.4, -0.2) is 36.7 Å². The van der Waals surface area contributed by atoms with Gasteiger partial charge in [-0.25, -0.2) is 4.98 Å². The third-order valence-electron chi connectivity index (χ3n) is 2.88. The summed E-state index contributed by atoms with van der Waals surface area (Å²) in [5.41, 5.74) is 0.764. The second-order valence-corrected chi connectivity index (χ2v) is 5.79. The van der Waals surface area contributed by atoms with Gasteiger partial charge >= 0.3 is 0 Å². The Morgan fingerprint density at radius 2 is 2.26 bits per heavy atom. The molecule has 108 valence electrons. The number of hydrogen-bond acceptors (Lipinski definition) is 5. The number of nitrogens with zero attached hydrogens (tertiary/aromatic N) is 2.